The Morgan fingerprint density at radius 2 is 1.48 bits per heavy atom. The SMILES string of the molecule is CCCO.CN(CC(O)CO)c1c(I)c(C(N)=O)c(I)c(C(=O)NCC(O)CO)c1I. The summed E-state index contributed by atoms with van der Waals surface area (Å²) in [6.07, 6.45) is -1.24. The second-order valence-corrected chi connectivity index (χ2v) is 9.63. The molecule has 1 aromatic carbocycles. The van der Waals surface area contributed by atoms with Crippen molar-refractivity contribution in [2.24, 2.45) is 5.73 Å². The summed E-state index contributed by atoms with van der Waals surface area (Å²) in [6, 6.07) is 0. The molecule has 1 rings (SSSR count). The molecule has 0 aromatic heterocycles. The van der Waals surface area contributed by atoms with E-state index in [4.69, 9.17) is 21.1 Å². The minimum atomic E-state index is -1.11. The molecule has 0 aliphatic rings. The van der Waals surface area contributed by atoms with Gasteiger partial charge in [0.2, 0.25) is 0 Å². The molecule has 8 N–H and O–H groups in total. The van der Waals surface area contributed by atoms with Gasteiger partial charge in [-0.2, -0.15) is 0 Å². The molecule has 2 amide bonds. The van der Waals surface area contributed by atoms with E-state index < -0.39 is 37.2 Å². The highest BCUT2D eigenvalue weighted by Gasteiger charge is 2.29. The molecule has 0 saturated heterocycles. The minimum Gasteiger partial charge on any atom is -0.396 e. The van der Waals surface area contributed by atoms with Gasteiger partial charge in [0.25, 0.3) is 11.8 Å². The molecule has 10 nitrogen and oxygen atoms in total. The number of hydrogen-bond acceptors (Lipinski definition) is 8. The van der Waals surface area contributed by atoms with Crippen LogP contribution in [0.5, 0.6) is 0 Å². The van der Waals surface area contributed by atoms with Crippen molar-refractivity contribution in [2.45, 2.75) is 25.6 Å². The second-order valence-electron chi connectivity index (χ2n) is 6.39. The maximum absolute atomic E-state index is 12.7. The van der Waals surface area contributed by atoms with Crippen LogP contribution in [0.3, 0.4) is 0 Å². The Hall–Kier alpha value is -0.0500. The molecule has 1 aromatic rings. The summed E-state index contributed by atoms with van der Waals surface area (Å²) in [5.74, 6) is -1.24. The number of halogens is 3. The quantitative estimate of drug-likeness (QED) is 0.161. The molecular formula is C18H28I3N3O7. The van der Waals surface area contributed by atoms with Crippen molar-refractivity contribution in [1.82, 2.24) is 5.32 Å². The summed E-state index contributed by atoms with van der Waals surface area (Å²) < 4.78 is 1.41. The van der Waals surface area contributed by atoms with Crippen molar-refractivity contribution in [1.29, 1.82) is 0 Å². The van der Waals surface area contributed by atoms with E-state index >= 15 is 0 Å². The fourth-order valence-electron chi connectivity index (χ4n) is 2.23. The van der Waals surface area contributed by atoms with Crippen LogP contribution in [0.25, 0.3) is 0 Å². The van der Waals surface area contributed by atoms with Crippen molar-refractivity contribution in [2.75, 3.05) is 44.9 Å². The van der Waals surface area contributed by atoms with E-state index in [-0.39, 0.29) is 24.2 Å². The monoisotopic (exact) mass is 779 g/mol. The van der Waals surface area contributed by atoms with Crippen molar-refractivity contribution in [3.05, 3.63) is 21.8 Å². The van der Waals surface area contributed by atoms with Gasteiger partial charge in [-0.05, 0) is 74.2 Å². The first-order chi connectivity index (χ1) is 14.5. The molecule has 0 radical (unpaired) electrons. The average Bonchev–Trinajstić information content (AvgIpc) is 2.71. The fraction of sp³-hybridized carbons (Fsp3) is 0.556. The summed E-state index contributed by atoms with van der Waals surface area (Å²) in [5.41, 5.74) is 6.41. The average molecular weight is 779 g/mol. The van der Waals surface area contributed by atoms with Crippen LogP contribution in [-0.4, -0.2) is 89.5 Å². The van der Waals surface area contributed by atoms with Crippen molar-refractivity contribution in [3.8, 4) is 0 Å². The molecule has 2 unspecified atom stereocenters. The third-order valence-electron chi connectivity index (χ3n) is 3.78. The van der Waals surface area contributed by atoms with Gasteiger partial charge in [-0.1, -0.05) is 6.92 Å². The number of aliphatic hydroxyl groups is 5. The van der Waals surface area contributed by atoms with Gasteiger partial charge in [0, 0.05) is 30.3 Å². The molecule has 0 heterocycles. The molecular weight excluding hydrogens is 751 g/mol. The summed E-state index contributed by atoms with van der Waals surface area (Å²) >= 11 is 5.80. The lowest BCUT2D eigenvalue weighted by Gasteiger charge is -2.27. The first-order valence-electron chi connectivity index (χ1n) is 9.16. The lowest BCUT2D eigenvalue weighted by atomic mass is 10.1. The van der Waals surface area contributed by atoms with E-state index in [9.17, 15) is 19.8 Å². The molecule has 0 saturated carbocycles. The number of rotatable bonds is 10. The predicted octanol–water partition coefficient (Wildman–Crippen LogP) is -0.140. The lowest BCUT2D eigenvalue weighted by Crippen LogP contribution is -2.37. The molecule has 13 heteroatoms. The zero-order valence-electron chi connectivity index (χ0n) is 17.1. The Morgan fingerprint density at radius 1 is 1.00 bits per heavy atom. The number of primary amides is 1. The highest BCUT2D eigenvalue weighted by Crippen LogP contribution is 2.37. The van der Waals surface area contributed by atoms with Crippen molar-refractivity contribution in [3.63, 3.8) is 0 Å². The maximum Gasteiger partial charge on any atom is 0.253 e. The summed E-state index contributed by atoms with van der Waals surface area (Å²) in [6.45, 7) is 1.23. The van der Waals surface area contributed by atoms with E-state index in [0.717, 1.165) is 6.42 Å². The summed E-state index contributed by atoms with van der Waals surface area (Å²) in [7, 11) is 1.66. The third kappa shape index (κ3) is 9.38. The van der Waals surface area contributed by atoms with Crippen LogP contribution in [0, 0.1) is 10.7 Å². The van der Waals surface area contributed by atoms with E-state index in [2.05, 4.69) is 5.32 Å². The highest BCUT2D eigenvalue weighted by molar-refractivity contribution is 14.1. The number of hydrogen-bond donors (Lipinski definition) is 7. The van der Waals surface area contributed by atoms with E-state index in [1.54, 1.807) is 11.9 Å². The Bertz CT molecular complexity index is 751. The number of aliphatic hydroxyl groups excluding tert-OH is 5. The topological polar surface area (TPSA) is 177 Å². The summed E-state index contributed by atoms with van der Waals surface area (Å²) in [4.78, 5) is 26.3. The molecule has 0 fully saturated rings. The predicted molar refractivity (Wildman–Crippen MR) is 142 cm³/mol. The highest BCUT2D eigenvalue weighted by atomic mass is 127. The normalized spacial score (nSPS) is 12.5. The number of nitrogens with one attached hydrogen (secondary N) is 1. The zero-order valence-corrected chi connectivity index (χ0v) is 23.6. The second kappa shape index (κ2) is 15.7. The Kier molecular flexibility index (Phi) is 15.7. The van der Waals surface area contributed by atoms with Crippen LogP contribution in [0.2, 0.25) is 0 Å². The number of benzene rings is 1. The van der Waals surface area contributed by atoms with Crippen LogP contribution in [0.15, 0.2) is 0 Å². The lowest BCUT2D eigenvalue weighted by molar-refractivity contribution is 0.0801. The molecule has 31 heavy (non-hydrogen) atoms. The van der Waals surface area contributed by atoms with Crippen LogP contribution in [0.1, 0.15) is 34.1 Å². The van der Waals surface area contributed by atoms with Crippen LogP contribution in [-0.2, 0) is 0 Å². The molecule has 178 valence electrons. The van der Waals surface area contributed by atoms with Gasteiger partial charge in [-0.3, -0.25) is 9.59 Å². The number of carbonyl (C=O) groups excluding carboxylic acids is 2. The number of anilines is 1. The van der Waals surface area contributed by atoms with Crippen molar-refractivity contribution >= 4 is 85.3 Å². The Labute approximate surface area is 222 Å². The van der Waals surface area contributed by atoms with Gasteiger partial charge in [0.1, 0.15) is 0 Å². The first-order valence-corrected chi connectivity index (χ1v) is 12.4. The van der Waals surface area contributed by atoms with Gasteiger partial charge in [-0.15, -0.1) is 0 Å². The Morgan fingerprint density at radius 3 is 1.90 bits per heavy atom. The van der Waals surface area contributed by atoms with Crippen LogP contribution >= 0.6 is 67.8 Å². The molecule has 0 aliphatic heterocycles. The minimum absolute atomic E-state index is 0.0750. The van der Waals surface area contributed by atoms with Gasteiger partial charge < -0.3 is 41.5 Å². The van der Waals surface area contributed by atoms with Gasteiger partial charge in [0.05, 0.1) is 49.4 Å². The van der Waals surface area contributed by atoms with Crippen LogP contribution in [0.4, 0.5) is 5.69 Å². The maximum atomic E-state index is 12.7. The van der Waals surface area contributed by atoms with E-state index in [0.29, 0.717) is 23.0 Å². The van der Waals surface area contributed by atoms with Crippen molar-refractivity contribution < 1.29 is 35.1 Å². The number of nitrogens with zero attached hydrogens (tertiary/aromatic N) is 1. The van der Waals surface area contributed by atoms with Gasteiger partial charge in [-0.25, -0.2) is 0 Å². The number of amides is 2. The Balaban J connectivity index is 0.00000206. The molecule has 0 spiro atoms. The van der Waals surface area contributed by atoms with Crippen LogP contribution < -0.4 is 16.0 Å². The fourth-order valence-corrected chi connectivity index (χ4v) is 7.24. The summed E-state index contributed by atoms with van der Waals surface area (Å²) in [5, 5.41) is 47.5. The van der Waals surface area contributed by atoms with E-state index in [1.165, 1.54) is 0 Å². The number of nitrogens with two attached hydrogens (primary N) is 1. The number of likely N-dealkylation sites (N-methyl/N-ethyl adjacent to an activating group) is 1. The number of carbonyl (C=O) groups is 2. The first kappa shape index (κ1) is 30.9. The third-order valence-corrected chi connectivity index (χ3v) is 6.96. The van der Waals surface area contributed by atoms with Gasteiger partial charge in [0.15, 0.2) is 0 Å². The zero-order chi connectivity index (χ0) is 24.3. The molecule has 0 bridgehead atoms. The smallest absolute Gasteiger partial charge is 0.253 e. The van der Waals surface area contributed by atoms with Gasteiger partial charge >= 0.3 is 0 Å². The largest absolute Gasteiger partial charge is 0.396 e. The molecule has 2 atom stereocenters. The van der Waals surface area contributed by atoms with E-state index in [1.807, 2.05) is 74.7 Å². The molecule has 0 aliphatic carbocycles. The standard InChI is InChI=1S/C15H20I3N3O6.C3H8O/c1-21(3-7(25)5-23)13-11(17)8(14(19)26)10(16)9(12(13)18)15(27)20-2-6(24)4-22;1-2-3-4/h6-7,22-25H,2-5H2,1H3,(H2,19,26)(H,20,27);4H,2-3H2,1H3.